The third kappa shape index (κ3) is 2.47. The molecular formula is C10H16N2O2S. The van der Waals surface area contributed by atoms with Gasteiger partial charge in [-0.05, 0) is 20.3 Å². The summed E-state index contributed by atoms with van der Waals surface area (Å²) in [5.41, 5.74) is 0.113. The van der Waals surface area contributed by atoms with Crippen LogP contribution in [0.1, 0.15) is 37.7 Å². The van der Waals surface area contributed by atoms with E-state index in [4.69, 9.17) is 5.11 Å². The van der Waals surface area contributed by atoms with E-state index >= 15 is 0 Å². The number of aromatic carboxylic acids is 1. The molecule has 0 spiro atoms. The van der Waals surface area contributed by atoms with Crippen LogP contribution in [0, 0.1) is 0 Å². The molecule has 1 aromatic rings. The van der Waals surface area contributed by atoms with Crippen LogP contribution in [0.5, 0.6) is 0 Å². The van der Waals surface area contributed by atoms with Crippen LogP contribution in [-0.2, 0) is 0 Å². The molecule has 0 amide bonds. The first kappa shape index (κ1) is 12.0. The summed E-state index contributed by atoms with van der Waals surface area (Å²) in [7, 11) is 1.94. The van der Waals surface area contributed by atoms with Gasteiger partial charge in [-0.3, -0.25) is 0 Å². The summed E-state index contributed by atoms with van der Waals surface area (Å²) in [5.74, 6) is -0.972. The van der Waals surface area contributed by atoms with Crippen LogP contribution in [0.2, 0.25) is 0 Å². The van der Waals surface area contributed by atoms with Crippen LogP contribution >= 0.6 is 11.3 Å². The molecule has 5 heteroatoms. The molecule has 1 heterocycles. The molecular weight excluding hydrogens is 212 g/mol. The van der Waals surface area contributed by atoms with E-state index in [1.807, 2.05) is 11.9 Å². The van der Waals surface area contributed by atoms with Gasteiger partial charge in [-0.2, -0.15) is 0 Å². The molecule has 0 unspecified atom stereocenters. The van der Waals surface area contributed by atoms with Crippen LogP contribution in [0.4, 0.5) is 5.13 Å². The Hall–Kier alpha value is -1.10. The van der Waals surface area contributed by atoms with Gasteiger partial charge in [0, 0.05) is 18.0 Å². The fraction of sp³-hybridized carbons (Fsp3) is 0.600. The van der Waals surface area contributed by atoms with Crippen molar-refractivity contribution in [3.8, 4) is 0 Å². The maximum Gasteiger partial charge on any atom is 0.355 e. The molecule has 4 nitrogen and oxygen atoms in total. The maximum atomic E-state index is 10.7. The molecule has 15 heavy (non-hydrogen) atoms. The van der Waals surface area contributed by atoms with Crippen molar-refractivity contribution in [2.45, 2.75) is 32.7 Å². The fourth-order valence-corrected chi connectivity index (χ4v) is 1.94. The summed E-state index contributed by atoms with van der Waals surface area (Å²) in [6.07, 6.45) is 0.978. The molecule has 0 aliphatic carbocycles. The Balaban J connectivity index is 2.92. The van der Waals surface area contributed by atoms with Crippen molar-refractivity contribution in [3.05, 3.63) is 11.1 Å². The Bertz CT molecular complexity index is 360. The van der Waals surface area contributed by atoms with Crippen LogP contribution < -0.4 is 4.90 Å². The van der Waals surface area contributed by atoms with Gasteiger partial charge in [0.15, 0.2) is 10.8 Å². The molecule has 0 aliphatic rings. The Morgan fingerprint density at radius 1 is 1.67 bits per heavy atom. The average Bonchev–Trinajstić information content (AvgIpc) is 2.65. The van der Waals surface area contributed by atoms with Crippen molar-refractivity contribution < 1.29 is 9.90 Å². The van der Waals surface area contributed by atoms with Gasteiger partial charge in [0.05, 0.1) is 0 Å². The van der Waals surface area contributed by atoms with E-state index in [9.17, 15) is 4.79 Å². The summed E-state index contributed by atoms with van der Waals surface area (Å²) in [6.45, 7) is 6.31. The minimum atomic E-state index is -0.972. The molecule has 0 bridgehead atoms. The van der Waals surface area contributed by atoms with Gasteiger partial charge >= 0.3 is 5.97 Å². The van der Waals surface area contributed by atoms with Crippen LogP contribution in [0.15, 0.2) is 5.38 Å². The van der Waals surface area contributed by atoms with Gasteiger partial charge < -0.3 is 10.0 Å². The molecule has 0 saturated heterocycles. The zero-order chi connectivity index (χ0) is 11.6. The van der Waals surface area contributed by atoms with Crippen molar-refractivity contribution >= 4 is 22.4 Å². The number of nitrogens with zero attached hydrogens (tertiary/aromatic N) is 2. The largest absolute Gasteiger partial charge is 0.476 e. The van der Waals surface area contributed by atoms with E-state index in [2.05, 4.69) is 25.8 Å². The van der Waals surface area contributed by atoms with Gasteiger partial charge in [-0.1, -0.05) is 6.92 Å². The van der Waals surface area contributed by atoms with Crippen molar-refractivity contribution in [2.75, 3.05) is 11.9 Å². The number of hydrogen-bond donors (Lipinski definition) is 1. The highest BCUT2D eigenvalue weighted by atomic mass is 32.1. The quantitative estimate of drug-likeness (QED) is 0.860. The van der Waals surface area contributed by atoms with E-state index in [1.54, 1.807) is 5.38 Å². The molecule has 1 N–H and O–H groups in total. The Morgan fingerprint density at radius 2 is 2.27 bits per heavy atom. The Labute approximate surface area is 93.6 Å². The minimum absolute atomic E-state index is 0.00632. The summed E-state index contributed by atoms with van der Waals surface area (Å²) in [4.78, 5) is 16.8. The molecule has 0 atom stereocenters. The van der Waals surface area contributed by atoms with Crippen molar-refractivity contribution in [3.63, 3.8) is 0 Å². The molecule has 1 rings (SSSR count). The zero-order valence-corrected chi connectivity index (χ0v) is 10.3. The number of hydrogen-bond acceptors (Lipinski definition) is 4. The van der Waals surface area contributed by atoms with E-state index < -0.39 is 5.97 Å². The topological polar surface area (TPSA) is 53.4 Å². The molecule has 0 aromatic carbocycles. The lowest BCUT2D eigenvalue weighted by Crippen LogP contribution is -2.40. The maximum absolute atomic E-state index is 10.7. The highest BCUT2D eigenvalue weighted by Gasteiger charge is 2.24. The third-order valence-electron chi connectivity index (χ3n) is 2.77. The first-order chi connectivity index (χ1) is 6.88. The second-order valence-corrected chi connectivity index (χ2v) is 4.88. The fourth-order valence-electron chi connectivity index (χ4n) is 1.01. The van der Waals surface area contributed by atoms with Crippen LogP contribution in [0.25, 0.3) is 0 Å². The predicted octanol–water partition coefficient (Wildman–Crippen LogP) is 2.47. The molecule has 0 fully saturated rings. The first-order valence-electron chi connectivity index (χ1n) is 4.81. The summed E-state index contributed by atoms with van der Waals surface area (Å²) in [6, 6.07) is 0. The third-order valence-corrected chi connectivity index (χ3v) is 3.69. The lowest BCUT2D eigenvalue weighted by Gasteiger charge is -2.34. The van der Waals surface area contributed by atoms with E-state index in [-0.39, 0.29) is 11.2 Å². The molecule has 84 valence electrons. The first-order valence-corrected chi connectivity index (χ1v) is 5.69. The monoisotopic (exact) mass is 228 g/mol. The predicted molar refractivity (Wildman–Crippen MR) is 61.8 cm³/mol. The smallest absolute Gasteiger partial charge is 0.355 e. The van der Waals surface area contributed by atoms with Crippen molar-refractivity contribution in [1.82, 2.24) is 4.98 Å². The number of carbonyl (C=O) groups is 1. The normalized spacial score (nSPS) is 11.5. The average molecular weight is 228 g/mol. The number of thiazole rings is 1. The second-order valence-electron chi connectivity index (χ2n) is 4.05. The lowest BCUT2D eigenvalue weighted by molar-refractivity contribution is 0.0691. The number of carboxylic acid groups (broad SMARTS) is 1. The summed E-state index contributed by atoms with van der Waals surface area (Å²) >= 11 is 1.36. The molecule has 0 saturated carbocycles. The standard InChI is InChI=1S/C10H16N2O2S/c1-5-10(2,3)12(4)9-11-7(6-15-9)8(13)14/h6H,5H2,1-4H3,(H,13,14). The summed E-state index contributed by atoms with van der Waals surface area (Å²) in [5, 5.41) is 11.1. The highest BCUT2D eigenvalue weighted by Crippen LogP contribution is 2.27. The zero-order valence-electron chi connectivity index (χ0n) is 9.44. The van der Waals surface area contributed by atoms with Crippen molar-refractivity contribution in [1.29, 1.82) is 0 Å². The molecule has 0 radical (unpaired) electrons. The Morgan fingerprint density at radius 3 is 2.67 bits per heavy atom. The summed E-state index contributed by atoms with van der Waals surface area (Å²) < 4.78 is 0. The van der Waals surface area contributed by atoms with Crippen molar-refractivity contribution in [2.24, 2.45) is 0 Å². The highest BCUT2D eigenvalue weighted by molar-refractivity contribution is 7.13. The number of aromatic nitrogens is 1. The van der Waals surface area contributed by atoms with Crippen LogP contribution in [-0.4, -0.2) is 28.6 Å². The van der Waals surface area contributed by atoms with Gasteiger partial charge in [0.2, 0.25) is 0 Å². The van der Waals surface area contributed by atoms with Gasteiger partial charge in [-0.15, -0.1) is 11.3 Å². The molecule has 0 aliphatic heterocycles. The Kier molecular flexibility index (Phi) is 3.34. The lowest BCUT2D eigenvalue weighted by atomic mass is 10.0. The minimum Gasteiger partial charge on any atom is -0.476 e. The number of anilines is 1. The van der Waals surface area contributed by atoms with Gasteiger partial charge in [-0.25, -0.2) is 9.78 Å². The van der Waals surface area contributed by atoms with E-state index in [1.165, 1.54) is 11.3 Å². The van der Waals surface area contributed by atoms with E-state index in [0.29, 0.717) is 0 Å². The molecule has 1 aromatic heterocycles. The number of rotatable bonds is 4. The second kappa shape index (κ2) is 4.18. The SMILES string of the molecule is CCC(C)(C)N(C)c1nc(C(=O)O)cs1. The van der Waals surface area contributed by atoms with Gasteiger partial charge in [0.25, 0.3) is 0 Å². The number of carboxylic acids is 1. The van der Waals surface area contributed by atoms with E-state index in [0.717, 1.165) is 11.6 Å². The van der Waals surface area contributed by atoms with Crippen LogP contribution in [0.3, 0.4) is 0 Å². The van der Waals surface area contributed by atoms with Gasteiger partial charge in [0.1, 0.15) is 0 Å².